The lowest BCUT2D eigenvalue weighted by Gasteiger charge is -2.07. The molecule has 0 aromatic heterocycles. The zero-order chi connectivity index (χ0) is 13.5. The number of rotatable bonds is 6. The van der Waals surface area contributed by atoms with Crippen molar-refractivity contribution in [1.29, 1.82) is 0 Å². The molecule has 0 aliphatic rings. The van der Waals surface area contributed by atoms with Crippen LogP contribution in [-0.4, -0.2) is 12.9 Å². The molecule has 100 valence electrons. The molecule has 19 heavy (non-hydrogen) atoms. The van der Waals surface area contributed by atoms with Crippen molar-refractivity contribution in [3.8, 4) is 5.75 Å². The summed E-state index contributed by atoms with van der Waals surface area (Å²) in [6.07, 6.45) is 4.06. The molecule has 0 atom stereocenters. The van der Waals surface area contributed by atoms with E-state index in [9.17, 15) is 0 Å². The molecule has 0 fully saturated rings. The van der Waals surface area contributed by atoms with Crippen LogP contribution in [0.2, 0.25) is 0 Å². The molecule has 0 saturated carbocycles. The Bertz CT molecular complexity index is 510. The molecule has 0 saturated heterocycles. The smallest absolute Gasteiger partial charge is 0.119 e. The van der Waals surface area contributed by atoms with E-state index < -0.39 is 0 Å². The van der Waals surface area contributed by atoms with Crippen molar-refractivity contribution in [2.24, 2.45) is 0 Å². The fourth-order valence-electron chi connectivity index (χ4n) is 1.89. The molecule has 0 spiro atoms. The molecule has 2 rings (SSSR count). The Labute approximate surface area is 119 Å². The van der Waals surface area contributed by atoms with E-state index in [1.165, 1.54) is 10.5 Å². The lowest BCUT2D eigenvalue weighted by molar-refractivity contribution is 0.311. The first-order valence-corrected chi connectivity index (χ1v) is 7.61. The quantitative estimate of drug-likeness (QED) is 0.491. The van der Waals surface area contributed by atoms with Crippen LogP contribution in [0, 0.1) is 0 Å². The molecule has 2 aromatic carbocycles. The van der Waals surface area contributed by atoms with E-state index in [2.05, 4.69) is 24.5 Å². The fourth-order valence-corrected chi connectivity index (χ4v) is 2.30. The number of hydrogen-bond donors (Lipinski definition) is 1. The second kappa shape index (κ2) is 7.10. The Hall–Kier alpha value is -1.61. The van der Waals surface area contributed by atoms with Gasteiger partial charge in [-0.3, -0.25) is 0 Å². The molecule has 2 aromatic rings. The van der Waals surface area contributed by atoms with Crippen molar-refractivity contribution in [2.45, 2.75) is 17.7 Å². The van der Waals surface area contributed by atoms with Gasteiger partial charge in [-0.15, -0.1) is 11.8 Å². The summed E-state index contributed by atoms with van der Waals surface area (Å²) in [5, 5.41) is 0. The zero-order valence-electron chi connectivity index (χ0n) is 11.1. The van der Waals surface area contributed by atoms with E-state index in [0.717, 1.165) is 30.9 Å². The van der Waals surface area contributed by atoms with Crippen LogP contribution in [0.5, 0.6) is 5.75 Å². The van der Waals surface area contributed by atoms with Crippen LogP contribution in [0.15, 0.2) is 53.4 Å². The number of nitrogens with two attached hydrogens (primary N) is 1. The first-order valence-electron chi connectivity index (χ1n) is 6.39. The molecule has 0 heterocycles. The third kappa shape index (κ3) is 4.52. The Balaban J connectivity index is 1.74. The molecule has 0 unspecified atom stereocenters. The minimum atomic E-state index is 0.730. The normalized spacial score (nSPS) is 10.4. The molecule has 0 bridgehead atoms. The summed E-state index contributed by atoms with van der Waals surface area (Å²) in [5.74, 6) is 0.936. The van der Waals surface area contributed by atoms with Crippen LogP contribution < -0.4 is 10.5 Å². The SMILES string of the molecule is CSc1ccc(OCCCc2cccc(N)c2)cc1. The van der Waals surface area contributed by atoms with Gasteiger partial charge in [0.2, 0.25) is 0 Å². The van der Waals surface area contributed by atoms with Gasteiger partial charge in [0, 0.05) is 10.6 Å². The average molecular weight is 273 g/mol. The third-order valence-electron chi connectivity index (χ3n) is 2.89. The summed E-state index contributed by atoms with van der Waals surface area (Å²) in [6, 6.07) is 16.2. The minimum Gasteiger partial charge on any atom is -0.494 e. The monoisotopic (exact) mass is 273 g/mol. The Morgan fingerprint density at radius 2 is 1.89 bits per heavy atom. The number of ether oxygens (including phenoxy) is 1. The second-order valence-corrected chi connectivity index (χ2v) is 5.25. The van der Waals surface area contributed by atoms with Gasteiger partial charge in [-0.25, -0.2) is 0 Å². The topological polar surface area (TPSA) is 35.2 Å². The minimum absolute atomic E-state index is 0.730. The van der Waals surface area contributed by atoms with Gasteiger partial charge < -0.3 is 10.5 Å². The van der Waals surface area contributed by atoms with Gasteiger partial charge in [-0.1, -0.05) is 12.1 Å². The van der Waals surface area contributed by atoms with Crippen LogP contribution in [0.25, 0.3) is 0 Å². The summed E-state index contributed by atoms with van der Waals surface area (Å²) in [4.78, 5) is 1.26. The van der Waals surface area contributed by atoms with E-state index in [1.807, 2.05) is 30.3 Å². The largest absolute Gasteiger partial charge is 0.494 e. The number of anilines is 1. The van der Waals surface area contributed by atoms with E-state index in [0.29, 0.717) is 0 Å². The summed E-state index contributed by atoms with van der Waals surface area (Å²) in [7, 11) is 0. The second-order valence-electron chi connectivity index (χ2n) is 4.37. The first kappa shape index (κ1) is 13.8. The fraction of sp³-hybridized carbons (Fsp3) is 0.250. The zero-order valence-corrected chi connectivity index (χ0v) is 12.0. The summed E-state index contributed by atoms with van der Waals surface area (Å²) < 4.78 is 5.72. The highest BCUT2D eigenvalue weighted by atomic mass is 32.2. The van der Waals surface area contributed by atoms with Gasteiger partial charge in [0.25, 0.3) is 0 Å². The van der Waals surface area contributed by atoms with Crippen molar-refractivity contribution >= 4 is 17.4 Å². The highest BCUT2D eigenvalue weighted by Gasteiger charge is 1.97. The van der Waals surface area contributed by atoms with Crippen molar-refractivity contribution in [2.75, 3.05) is 18.6 Å². The van der Waals surface area contributed by atoms with Crippen LogP contribution in [0.3, 0.4) is 0 Å². The highest BCUT2D eigenvalue weighted by Crippen LogP contribution is 2.19. The van der Waals surface area contributed by atoms with Gasteiger partial charge in [0.05, 0.1) is 6.61 Å². The predicted molar refractivity (Wildman–Crippen MR) is 82.9 cm³/mol. The third-order valence-corrected chi connectivity index (χ3v) is 3.63. The summed E-state index contributed by atoms with van der Waals surface area (Å²) in [5.41, 5.74) is 7.84. The molecule has 3 heteroatoms. The number of thioether (sulfide) groups is 1. The highest BCUT2D eigenvalue weighted by molar-refractivity contribution is 7.98. The Morgan fingerprint density at radius 3 is 2.58 bits per heavy atom. The van der Waals surface area contributed by atoms with Crippen LogP contribution in [0.4, 0.5) is 5.69 Å². The first-order chi connectivity index (χ1) is 9.28. The molecule has 0 radical (unpaired) electrons. The Morgan fingerprint density at radius 1 is 1.11 bits per heavy atom. The number of hydrogen-bond acceptors (Lipinski definition) is 3. The van der Waals surface area contributed by atoms with Crippen molar-refractivity contribution in [3.05, 3.63) is 54.1 Å². The van der Waals surface area contributed by atoms with Gasteiger partial charge in [0.15, 0.2) is 0 Å². The van der Waals surface area contributed by atoms with Gasteiger partial charge in [-0.05, 0) is 61.1 Å². The summed E-state index contributed by atoms with van der Waals surface area (Å²) >= 11 is 1.74. The predicted octanol–water partition coefficient (Wildman–Crippen LogP) is 4.00. The van der Waals surface area contributed by atoms with Crippen LogP contribution in [-0.2, 0) is 6.42 Å². The lowest BCUT2D eigenvalue weighted by atomic mass is 10.1. The van der Waals surface area contributed by atoms with E-state index >= 15 is 0 Å². The standard InChI is InChI=1S/C16H19NOS/c1-19-16-9-7-15(8-10-16)18-11-3-5-13-4-2-6-14(17)12-13/h2,4,6-10,12H,3,5,11,17H2,1H3. The Kier molecular flexibility index (Phi) is 5.16. The van der Waals surface area contributed by atoms with E-state index in [4.69, 9.17) is 10.5 Å². The maximum Gasteiger partial charge on any atom is 0.119 e. The van der Waals surface area contributed by atoms with Crippen LogP contribution >= 0.6 is 11.8 Å². The van der Waals surface area contributed by atoms with Crippen molar-refractivity contribution in [3.63, 3.8) is 0 Å². The van der Waals surface area contributed by atoms with E-state index in [-0.39, 0.29) is 0 Å². The maximum absolute atomic E-state index is 5.75. The molecule has 2 nitrogen and oxygen atoms in total. The molecular weight excluding hydrogens is 254 g/mol. The number of nitrogen functional groups attached to an aromatic ring is 1. The molecule has 0 aliphatic carbocycles. The molecular formula is C16H19NOS. The van der Waals surface area contributed by atoms with E-state index in [1.54, 1.807) is 11.8 Å². The van der Waals surface area contributed by atoms with Crippen molar-refractivity contribution < 1.29 is 4.74 Å². The van der Waals surface area contributed by atoms with Gasteiger partial charge in [-0.2, -0.15) is 0 Å². The molecule has 0 aliphatic heterocycles. The average Bonchev–Trinajstić information content (AvgIpc) is 2.44. The van der Waals surface area contributed by atoms with Gasteiger partial charge >= 0.3 is 0 Å². The maximum atomic E-state index is 5.75. The summed E-state index contributed by atoms with van der Waals surface area (Å²) in [6.45, 7) is 0.730. The van der Waals surface area contributed by atoms with Gasteiger partial charge in [0.1, 0.15) is 5.75 Å². The lowest BCUT2D eigenvalue weighted by Crippen LogP contribution is -1.99. The van der Waals surface area contributed by atoms with Crippen molar-refractivity contribution in [1.82, 2.24) is 0 Å². The molecule has 2 N–H and O–H groups in total. The number of benzene rings is 2. The molecule has 0 amide bonds. The van der Waals surface area contributed by atoms with Crippen LogP contribution in [0.1, 0.15) is 12.0 Å². The number of aryl methyl sites for hydroxylation is 1.